The number of para-hydroxylation sites is 1. The molecule has 0 saturated heterocycles. The first-order valence-electron chi connectivity index (χ1n) is 7.61. The monoisotopic (exact) mass is 293 g/mol. The van der Waals surface area contributed by atoms with E-state index in [1.54, 1.807) is 12.1 Å². The lowest BCUT2D eigenvalue weighted by molar-refractivity contribution is 0.101. The number of ketones is 1. The molecule has 0 spiro atoms. The number of Topliss-reactive ketones (excluding diaryl/α,β-unsaturated/α-hetero) is 1. The van der Waals surface area contributed by atoms with Gasteiger partial charge in [-0.05, 0) is 49.8 Å². The van der Waals surface area contributed by atoms with E-state index in [1.165, 1.54) is 5.69 Å². The third kappa shape index (κ3) is 2.62. The van der Waals surface area contributed by atoms with Gasteiger partial charge in [-0.25, -0.2) is 0 Å². The third-order valence-corrected chi connectivity index (χ3v) is 3.89. The van der Waals surface area contributed by atoms with Gasteiger partial charge < -0.3 is 9.64 Å². The second-order valence-corrected chi connectivity index (χ2v) is 5.20. The summed E-state index contributed by atoms with van der Waals surface area (Å²) in [6.07, 6.45) is 1.80. The Morgan fingerprint density at radius 1 is 1.00 bits per heavy atom. The molecule has 0 radical (unpaired) electrons. The molecule has 0 amide bonds. The molecular weight excluding hydrogens is 274 g/mol. The summed E-state index contributed by atoms with van der Waals surface area (Å²) in [5, 5.41) is 0. The van der Waals surface area contributed by atoms with E-state index in [1.807, 2.05) is 30.3 Å². The molecule has 1 aliphatic heterocycles. The van der Waals surface area contributed by atoms with Crippen molar-refractivity contribution in [2.45, 2.75) is 13.8 Å². The molecule has 0 aliphatic carbocycles. The Hall–Kier alpha value is -2.55. The van der Waals surface area contributed by atoms with Crippen molar-refractivity contribution < 1.29 is 9.53 Å². The maximum absolute atomic E-state index is 12.3. The lowest BCUT2D eigenvalue weighted by Gasteiger charge is -2.20. The minimum atomic E-state index is -0.0524. The molecule has 0 atom stereocenters. The highest BCUT2D eigenvalue weighted by Gasteiger charge is 2.26. The maximum atomic E-state index is 12.3. The quantitative estimate of drug-likeness (QED) is 0.793. The zero-order chi connectivity index (χ0) is 15.5. The Morgan fingerprint density at radius 3 is 2.32 bits per heavy atom. The molecule has 0 bridgehead atoms. The Bertz CT molecular complexity index is 712. The molecule has 0 saturated carbocycles. The second kappa shape index (κ2) is 6.06. The predicted molar refractivity (Wildman–Crippen MR) is 89.4 cm³/mol. The Labute approximate surface area is 130 Å². The molecule has 3 rings (SSSR count). The minimum absolute atomic E-state index is 0.0524. The first-order chi connectivity index (χ1) is 10.7. The molecule has 22 heavy (non-hydrogen) atoms. The van der Waals surface area contributed by atoms with Gasteiger partial charge in [0.05, 0.1) is 5.56 Å². The van der Waals surface area contributed by atoms with E-state index >= 15 is 0 Å². The van der Waals surface area contributed by atoms with Crippen molar-refractivity contribution in [2.24, 2.45) is 0 Å². The summed E-state index contributed by atoms with van der Waals surface area (Å²) < 4.78 is 5.64. The van der Waals surface area contributed by atoms with Gasteiger partial charge in [-0.3, -0.25) is 4.79 Å². The molecule has 0 fully saturated rings. The third-order valence-electron chi connectivity index (χ3n) is 3.89. The summed E-state index contributed by atoms with van der Waals surface area (Å²) in [6, 6.07) is 15.5. The van der Waals surface area contributed by atoms with Gasteiger partial charge in [0.1, 0.15) is 5.75 Å². The number of hydrogen-bond donors (Lipinski definition) is 0. The lowest BCUT2D eigenvalue weighted by atomic mass is 10.1. The van der Waals surface area contributed by atoms with Crippen LogP contribution in [0.5, 0.6) is 5.75 Å². The molecular formula is C19H19NO2. The van der Waals surface area contributed by atoms with Gasteiger partial charge in [0, 0.05) is 18.8 Å². The van der Waals surface area contributed by atoms with Crippen molar-refractivity contribution in [3.8, 4) is 5.75 Å². The fourth-order valence-corrected chi connectivity index (χ4v) is 2.66. The van der Waals surface area contributed by atoms with E-state index in [2.05, 4.69) is 30.9 Å². The number of nitrogens with zero attached hydrogens (tertiary/aromatic N) is 1. The van der Waals surface area contributed by atoms with Crippen molar-refractivity contribution in [1.82, 2.24) is 0 Å². The summed E-state index contributed by atoms with van der Waals surface area (Å²) in [7, 11) is 0. The van der Waals surface area contributed by atoms with Crippen LogP contribution in [0.4, 0.5) is 5.69 Å². The van der Waals surface area contributed by atoms with E-state index < -0.39 is 0 Å². The lowest BCUT2D eigenvalue weighted by Crippen LogP contribution is -2.21. The molecule has 1 aliphatic rings. The van der Waals surface area contributed by atoms with E-state index in [4.69, 9.17) is 4.74 Å². The zero-order valence-electron chi connectivity index (χ0n) is 12.9. The number of carbonyl (C=O) groups excluding carboxylic acids is 1. The van der Waals surface area contributed by atoms with Crippen molar-refractivity contribution in [3.63, 3.8) is 0 Å². The van der Waals surface area contributed by atoms with Gasteiger partial charge in [-0.15, -0.1) is 0 Å². The summed E-state index contributed by atoms with van der Waals surface area (Å²) in [5.41, 5.74) is 2.79. The first-order valence-corrected chi connectivity index (χ1v) is 7.61. The standard InChI is InChI=1S/C19H19NO2/c1-3-20(4-2)15-11-9-14(10-12-15)13-18-19(21)16-7-5-6-8-17(16)22-18/h5-13H,3-4H2,1-2H3. The van der Waals surface area contributed by atoms with Crippen molar-refractivity contribution >= 4 is 17.5 Å². The smallest absolute Gasteiger partial charge is 0.231 e. The van der Waals surface area contributed by atoms with Crippen molar-refractivity contribution in [2.75, 3.05) is 18.0 Å². The van der Waals surface area contributed by atoms with E-state index in [9.17, 15) is 4.79 Å². The molecule has 0 N–H and O–H groups in total. The van der Waals surface area contributed by atoms with Crippen LogP contribution in [0.1, 0.15) is 29.8 Å². The molecule has 0 unspecified atom stereocenters. The number of rotatable bonds is 4. The van der Waals surface area contributed by atoms with Crippen molar-refractivity contribution in [3.05, 3.63) is 65.4 Å². The highest BCUT2D eigenvalue weighted by molar-refractivity contribution is 6.14. The number of allylic oxidation sites excluding steroid dienone is 1. The van der Waals surface area contributed by atoms with Crippen LogP contribution >= 0.6 is 0 Å². The topological polar surface area (TPSA) is 29.5 Å². The number of carbonyl (C=O) groups is 1. The number of ether oxygens (including phenoxy) is 1. The van der Waals surface area contributed by atoms with Gasteiger partial charge in [-0.1, -0.05) is 24.3 Å². The zero-order valence-corrected chi connectivity index (χ0v) is 12.9. The van der Waals surface area contributed by atoms with E-state index in [0.717, 1.165) is 18.7 Å². The number of benzene rings is 2. The highest BCUT2D eigenvalue weighted by atomic mass is 16.5. The molecule has 3 heteroatoms. The fourth-order valence-electron chi connectivity index (χ4n) is 2.66. The Morgan fingerprint density at radius 2 is 1.68 bits per heavy atom. The molecule has 2 aromatic rings. The van der Waals surface area contributed by atoms with Crippen LogP contribution in [0.25, 0.3) is 6.08 Å². The average molecular weight is 293 g/mol. The largest absolute Gasteiger partial charge is 0.452 e. The van der Waals surface area contributed by atoms with Crippen LogP contribution in [-0.4, -0.2) is 18.9 Å². The summed E-state index contributed by atoms with van der Waals surface area (Å²) in [6.45, 7) is 6.24. The van der Waals surface area contributed by atoms with Crippen LogP contribution in [0.15, 0.2) is 54.3 Å². The summed E-state index contributed by atoms with van der Waals surface area (Å²) in [5.74, 6) is 0.971. The molecule has 112 valence electrons. The predicted octanol–water partition coefficient (Wildman–Crippen LogP) is 4.15. The second-order valence-electron chi connectivity index (χ2n) is 5.20. The van der Waals surface area contributed by atoms with Crippen LogP contribution in [0.3, 0.4) is 0 Å². The number of anilines is 1. The molecule has 1 heterocycles. The molecule has 0 aromatic heterocycles. The van der Waals surface area contributed by atoms with E-state index in [0.29, 0.717) is 17.1 Å². The fraction of sp³-hybridized carbons (Fsp3) is 0.211. The normalized spacial score (nSPS) is 14.8. The van der Waals surface area contributed by atoms with Gasteiger partial charge in [0.2, 0.25) is 5.78 Å². The summed E-state index contributed by atoms with van der Waals surface area (Å²) in [4.78, 5) is 14.5. The average Bonchev–Trinajstić information content (AvgIpc) is 2.87. The first kappa shape index (κ1) is 14.4. The van der Waals surface area contributed by atoms with Gasteiger partial charge in [0.25, 0.3) is 0 Å². The summed E-state index contributed by atoms with van der Waals surface area (Å²) >= 11 is 0. The Balaban J connectivity index is 1.84. The van der Waals surface area contributed by atoms with Gasteiger partial charge in [-0.2, -0.15) is 0 Å². The number of fused-ring (bicyclic) bond motifs is 1. The van der Waals surface area contributed by atoms with Gasteiger partial charge in [0.15, 0.2) is 5.76 Å². The highest BCUT2D eigenvalue weighted by Crippen LogP contribution is 2.31. The maximum Gasteiger partial charge on any atom is 0.231 e. The SMILES string of the molecule is CCN(CC)c1ccc(C=C2Oc3ccccc3C2=O)cc1. The number of hydrogen-bond acceptors (Lipinski definition) is 3. The van der Waals surface area contributed by atoms with Crippen LogP contribution < -0.4 is 9.64 Å². The molecule has 2 aromatic carbocycles. The Kier molecular flexibility index (Phi) is 3.96. The minimum Gasteiger partial charge on any atom is -0.452 e. The van der Waals surface area contributed by atoms with Gasteiger partial charge >= 0.3 is 0 Å². The van der Waals surface area contributed by atoms with Crippen LogP contribution in [-0.2, 0) is 0 Å². The van der Waals surface area contributed by atoms with Crippen LogP contribution in [0, 0.1) is 0 Å². The van der Waals surface area contributed by atoms with Crippen LogP contribution in [0.2, 0.25) is 0 Å². The van der Waals surface area contributed by atoms with Crippen molar-refractivity contribution in [1.29, 1.82) is 0 Å². The van der Waals surface area contributed by atoms with E-state index in [-0.39, 0.29) is 5.78 Å². The molecule has 3 nitrogen and oxygen atoms in total.